The van der Waals surface area contributed by atoms with E-state index in [1.54, 1.807) is 0 Å². The zero-order valence-electron chi connectivity index (χ0n) is 8.56. The largest absolute Gasteiger partial charge is 0.141 e. The van der Waals surface area contributed by atoms with Crippen LogP contribution in [0.15, 0.2) is 12.1 Å². The molecule has 13 heavy (non-hydrogen) atoms. The Bertz CT molecular complexity index is 463. The molecule has 2 aromatic rings. The topological polar surface area (TPSA) is 0 Å². The molecule has 0 aliphatic rings. The summed E-state index contributed by atoms with van der Waals surface area (Å²) in [4.78, 5) is 1.41. The van der Waals surface area contributed by atoms with Gasteiger partial charge in [-0.2, -0.15) is 0 Å². The van der Waals surface area contributed by atoms with Crippen LogP contribution in [0.5, 0.6) is 0 Å². The van der Waals surface area contributed by atoms with Gasteiger partial charge >= 0.3 is 0 Å². The summed E-state index contributed by atoms with van der Waals surface area (Å²) in [5, 5.41) is 1.44. The normalized spacial score (nSPS) is 11.1. The minimum Gasteiger partial charge on any atom is -0.141 e. The molecule has 0 aliphatic heterocycles. The van der Waals surface area contributed by atoms with Crippen molar-refractivity contribution in [2.24, 2.45) is 0 Å². The summed E-state index contributed by atoms with van der Waals surface area (Å²) in [6.45, 7) is 8.79. The third-order valence-electron chi connectivity index (χ3n) is 2.79. The fraction of sp³-hybridized carbons (Fsp3) is 0.333. The maximum Gasteiger partial charge on any atom is 0.0351 e. The van der Waals surface area contributed by atoms with Gasteiger partial charge < -0.3 is 0 Å². The number of hydrogen-bond donors (Lipinski definition) is 0. The third-order valence-corrected chi connectivity index (χ3v) is 3.79. The Kier molecular flexibility index (Phi) is 1.92. The summed E-state index contributed by atoms with van der Waals surface area (Å²) >= 11 is 1.89. The number of aryl methyl sites for hydroxylation is 3. The molecule has 1 aromatic heterocycles. The number of hydrogen-bond acceptors (Lipinski definition) is 1. The van der Waals surface area contributed by atoms with Gasteiger partial charge in [-0.15, -0.1) is 11.3 Å². The van der Waals surface area contributed by atoms with Crippen LogP contribution in [-0.4, -0.2) is 0 Å². The van der Waals surface area contributed by atoms with E-state index in [1.165, 1.54) is 31.7 Å². The monoisotopic (exact) mass is 190 g/mol. The Morgan fingerprint density at radius 1 is 0.923 bits per heavy atom. The van der Waals surface area contributed by atoms with Crippen LogP contribution < -0.4 is 0 Å². The summed E-state index contributed by atoms with van der Waals surface area (Å²) in [6.07, 6.45) is 0. The van der Waals surface area contributed by atoms with E-state index in [0.29, 0.717) is 0 Å². The lowest BCUT2D eigenvalue weighted by Crippen LogP contribution is -1.85. The first-order valence-electron chi connectivity index (χ1n) is 4.56. The fourth-order valence-corrected chi connectivity index (χ4v) is 2.82. The average molecular weight is 190 g/mol. The van der Waals surface area contributed by atoms with Crippen LogP contribution in [-0.2, 0) is 0 Å². The minimum absolute atomic E-state index is 1.41. The van der Waals surface area contributed by atoms with Crippen molar-refractivity contribution in [2.75, 3.05) is 0 Å². The first-order valence-corrected chi connectivity index (χ1v) is 5.38. The predicted molar refractivity (Wildman–Crippen MR) is 60.8 cm³/mol. The summed E-state index contributed by atoms with van der Waals surface area (Å²) in [6, 6.07) is 4.59. The van der Waals surface area contributed by atoms with Crippen molar-refractivity contribution >= 4 is 21.4 Å². The van der Waals surface area contributed by atoms with Crippen LogP contribution >= 0.6 is 11.3 Å². The summed E-state index contributed by atoms with van der Waals surface area (Å²) in [5.74, 6) is 0. The van der Waals surface area contributed by atoms with Crippen LogP contribution in [0.3, 0.4) is 0 Å². The van der Waals surface area contributed by atoms with E-state index < -0.39 is 0 Å². The molecule has 1 heterocycles. The standard InChI is InChI=1S/C12H14S/c1-7-5-12-11(6-8(2)13-12)10(4)9(7)3/h5-6H,1-4H3. The van der Waals surface area contributed by atoms with Gasteiger partial charge in [0, 0.05) is 9.58 Å². The number of benzene rings is 1. The van der Waals surface area contributed by atoms with E-state index in [1.807, 2.05) is 11.3 Å². The zero-order valence-corrected chi connectivity index (χ0v) is 9.38. The molecule has 0 radical (unpaired) electrons. The van der Waals surface area contributed by atoms with Gasteiger partial charge in [0.25, 0.3) is 0 Å². The van der Waals surface area contributed by atoms with Crippen molar-refractivity contribution < 1.29 is 0 Å². The summed E-state index contributed by atoms with van der Waals surface area (Å²) < 4.78 is 1.43. The first kappa shape index (κ1) is 8.76. The molecule has 0 fully saturated rings. The lowest BCUT2D eigenvalue weighted by molar-refractivity contribution is 1.30. The highest BCUT2D eigenvalue weighted by Crippen LogP contribution is 2.31. The third kappa shape index (κ3) is 1.28. The molecule has 0 spiro atoms. The van der Waals surface area contributed by atoms with Crippen molar-refractivity contribution in [1.29, 1.82) is 0 Å². The van der Waals surface area contributed by atoms with Crippen molar-refractivity contribution in [1.82, 2.24) is 0 Å². The Balaban J connectivity index is 2.92. The average Bonchev–Trinajstić information content (AvgIpc) is 2.42. The molecule has 1 heteroatoms. The van der Waals surface area contributed by atoms with Crippen LogP contribution in [0.2, 0.25) is 0 Å². The van der Waals surface area contributed by atoms with Crippen LogP contribution in [0.4, 0.5) is 0 Å². The van der Waals surface area contributed by atoms with Gasteiger partial charge in [0.2, 0.25) is 0 Å². The molecule has 1 aromatic carbocycles. The summed E-state index contributed by atoms with van der Waals surface area (Å²) in [5.41, 5.74) is 4.29. The number of thiophene rings is 1. The van der Waals surface area contributed by atoms with E-state index in [4.69, 9.17) is 0 Å². The molecule has 0 atom stereocenters. The van der Waals surface area contributed by atoms with Crippen molar-refractivity contribution in [3.05, 3.63) is 33.7 Å². The van der Waals surface area contributed by atoms with Crippen LogP contribution in [0.1, 0.15) is 21.6 Å². The minimum atomic E-state index is 1.41. The van der Waals surface area contributed by atoms with E-state index in [-0.39, 0.29) is 0 Å². The van der Waals surface area contributed by atoms with E-state index in [9.17, 15) is 0 Å². The smallest absolute Gasteiger partial charge is 0.0351 e. The molecular formula is C12H14S. The predicted octanol–water partition coefficient (Wildman–Crippen LogP) is 4.13. The van der Waals surface area contributed by atoms with Gasteiger partial charge in [0.15, 0.2) is 0 Å². The molecule has 0 saturated heterocycles. The molecule has 2 rings (SSSR count). The molecule has 0 amide bonds. The van der Waals surface area contributed by atoms with Crippen LogP contribution in [0.25, 0.3) is 10.1 Å². The lowest BCUT2D eigenvalue weighted by Gasteiger charge is -2.05. The first-order chi connectivity index (χ1) is 6.09. The SMILES string of the molecule is Cc1cc2c(C)c(C)c(C)cc2s1. The van der Waals surface area contributed by atoms with Crippen molar-refractivity contribution in [3.8, 4) is 0 Å². The summed E-state index contributed by atoms with van der Waals surface area (Å²) in [7, 11) is 0. The second-order valence-corrected chi connectivity index (χ2v) is 5.00. The van der Waals surface area contributed by atoms with Crippen molar-refractivity contribution in [2.45, 2.75) is 27.7 Å². The van der Waals surface area contributed by atoms with Crippen molar-refractivity contribution in [3.63, 3.8) is 0 Å². The van der Waals surface area contributed by atoms with Gasteiger partial charge in [-0.3, -0.25) is 0 Å². The molecule has 0 unspecified atom stereocenters. The molecule has 0 bridgehead atoms. The maximum absolute atomic E-state index is 2.30. The number of rotatable bonds is 0. The second kappa shape index (κ2) is 2.85. The zero-order chi connectivity index (χ0) is 9.59. The molecule has 0 N–H and O–H groups in total. The van der Waals surface area contributed by atoms with E-state index in [2.05, 4.69) is 39.8 Å². The molecule has 0 saturated carbocycles. The lowest BCUT2D eigenvalue weighted by atomic mass is 10.0. The Labute approximate surface area is 83.2 Å². The van der Waals surface area contributed by atoms with Gasteiger partial charge in [0.05, 0.1) is 0 Å². The highest BCUT2D eigenvalue weighted by Gasteiger charge is 2.05. The Hall–Kier alpha value is -0.820. The Morgan fingerprint density at radius 2 is 1.62 bits per heavy atom. The molecule has 0 nitrogen and oxygen atoms in total. The maximum atomic E-state index is 2.30. The van der Waals surface area contributed by atoms with E-state index >= 15 is 0 Å². The van der Waals surface area contributed by atoms with E-state index in [0.717, 1.165) is 0 Å². The van der Waals surface area contributed by atoms with Crippen LogP contribution in [0, 0.1) is 27.7 Å². The second-order valence-electron chi connectivity index (χ2n) is 3.71. The fourth-order valence-electron chi connectivity index (χ4n) is 1.74. The molecular weight excluding hydrogens is 176 g/mol. The van der Waals surface area contributed by atoms with Gasteiger partial charge in [-0.25, -0.2) is 0 Å². The quantitative estimate of drug-likeness (QED) is 0.586. The van der Waals surface area contributed by atoms with Gasteiger partial charge in [0.1, 0.15) is 0 Å². The van der Waals surface area contributed by atoms with Gasteiger partial charge in [-0.1, -0.05) is 0 Å². The van der Waals surface area contributed by atoms with Gasteiger partial charge in [-0.05, 0) is 61.9 Å². The highest BCUT2D eigenvalue weighted by molar-refractivity contribution is 7.19. The molecule has 68 valence electrons. The molecule has 0 aliphatic carbocycles. The Morgan fingerprint density at radius 3 is 2.31 bits per heavy atom. The highest BCUT2D eigenvalue weighted by atomic mass is 32.1. The number of fused-ring (bicyclic) bond motifs is 1.